The predicted molar refractivity (Wildman–Crippen MR) is 128 cm³/mol. The minimum atomic E-state index is -3.74. The molecule has 0 aromatic heterocycles. The fourth-order valence-electron chi connectivity index (χ4n) is 3.67. The van der Waals surface area contributed by atoms with Gasteiger partial charge in [0, 0.05) is 6.07 Å². The van der Waals surface area contributed by atoms with Gasteiger partial charge in [-0.15, -0.1) is 0 Å². The van der Waals surface area contributed by atoms with E-state index >= 15 is 0 Å². The van der Waals surface area contributed by atoms with E-state index in [0.717, 1.165) is 21.9 Å². The van der Waals surface area contributed by atoms with Crippen molar-refractivity contribution in [2.24, 2.45) is 0 Å². The molecule has 0 saturated carbocycles. The molecule has 1 heterocycles. The first-order valence-corrected chi connectivity index (χ1v) is 12.7. The van der Waals surface area contributed by atoms with Crippen molar-refractivity contribution in [1.82, 2.24) is 5.32 Å². The third-order valence-electron chi connectivity index (χ3n) is 5.22. The molecule has 8 nitrogen and oxygen atoms in total. The molecule has 1 aliphatic rings. The van der Waals surface area contributed by atoms with Crippen LogP contribution in [0.15, 0.2) is 42.5 Å². The first-order valence-electron chi connectivity index (χ1n) is 10.9. The highest BCUT2D eigenvalue weighted by molar-refractivity contribution is 7.92. The summed E-state index contributed by atoms with van der Waals surface area (Å²) in [5.74, 6) is 1.33. The number of sulfonamides is 1. The van der Waals surface area contributed by atoms with Crippen molar-refractivity contribution >= 4 is 21.6 Å². The van der Waals surface area contributed by atoms with E-state index in [1.807, 2.05) is 24.3 Å². The lowest BCUT2D eigenvalue weighted by Gasteiger charge is -2.29. The van der Waals surface area contributed by atoms with E-state index in [-0.39, 0.29) is 18.6 Å². The Bertz CT molecular complexity index is 1090. The lowest BCUT2D eigenvalue weighted by Crippen LogP contribution is -2.48. The molecule has 180 valence electrons. The molecule has 0 aliphatic carbocycles. The fraction of sp³-hybridized carbons (Fsp3) is 0.458. The number of para-hydroxylation sites is 1. The Morgan fingerprint density at radius 2 is 1.79 bits per heavy atom. The summed E-state index contributed by atoms with van der Waals surface area (Å²) in [5.41, 5.74) is 1.33. The van der Waals surface area contributed by atoms with Gasteiger partial charge in [-0.05, 0) is 36.1 Å². The van der Waals surface area contributed by atoms with E-state index in [1.54, 1.807) is 25.1 Å². The highest BCUT2D eigenvalue weighted by Crippen LogP contribution is 2.35. The smallest absolute Gasteiger partial charge is 0.243 e. The maximum atomic E-state index is 12.8. The summed E-state index contributed by atoms with van der Waals surface area (Å²) < 4.78 is 43.1. The van der Waals surface area contributed by atoms with Gasteiger partial charge in [0.2, 0.25) is 15.9 Å². The predicted octanol–water partition coefficient (Wildman–Crippen LogP) is 3.11. The summed E-state index contributed by atoms with van der Waals surface area (Å²) in [6.45, 7) is 9.17. The van der Waals surface area contributed by atoms with Crippen molar-refractivity contribution in [3.05, 3.63) is 48.0 Å². The van der Waals surface area contributed by atoms with Gasteiger partial charge in [-0.2, -0.15) is 0 Å². The summed E-state index contributed by atoms with van der Waals surface area (Å²) in [5, 5.41) is 2.77. The Morgan fingerprint density at radius 3 is 2.45 bits per heavy atom. The van der Waals surface area contributed by atoms with Crippen LogP contribution in [0.25, 0.3) is 0 Å². The molecule has 0 bridgehead atoms. The summed E-state index contributed by atoms with van der Waals surface area (Å²) in [4.78, 5) is 12.8. The van der Waals surface area contributed by atoms with Gasteiger partial charge in [0.15, 0.2) is 11.5 Å². The van der Waals surface area contributed by atoms with Crippen LogP contribution >= 0.6 is 0 Å². The van der Waals surface area contributed by atoms with E-state index in [4.69, 9.17) is 14.2 Å². The second-order valence-electron chi connectivity index (χ2n) is 8.95. The van der Waals surface area contributed by atoms with E-state index < -0.39 is 22.0 Å². The standard InChI is InChI=1S/C24H32N2O6S/c1-17(23(27)25-12-13-30-20-9-7-6-8-19(20)24(2,3)4)26(33(5,28)29)18-10-11-21-22(16-18)32-15-14-31-21/h6-11,16-17H,12-15H2,1-5H3,(H,25,27)/t17-/m1/s1. The molecule has 1 N–H and O–H groups in total. The largest absolute Gasteiger partial charge is 0.491 e. The Morgan fingerprint density at radius 1 is 1.12 bits per heavy atom. The zero-order chi connectivity index (χ0) is 24.2. The zero-order valence-electron chi connectivity index (χ0n) is 19.8. The Hall–Kier alpha value is -2.94. The van der Waals surface area contributed by atoms with Gasteiger partial charge >= 0.3 is 0 Å². The third kappa shape index (κ3) is 6.10. The number of amides is 1. The molecule has 33 heavy (non-hydrogen) atoms. The molecule has 3 rings (SSSR count). The lowest BCUT2D eigenvalue weighted by atomic mass is 9.86. The van der Waals surface area contributed by atoms with Crippen LogP contribution in [-0.4, -0.2) is 53.0 Å². The minimum Gasteiger partial charge on any atom is -0.491 e. The molecule has 0 radical (unpaired) electrons. The number of ether oxygens (including phenoxy) is 3. The molecule has 0 unspecified atom stereocenters. The fourth-order valence-corrected chi connectivity index (χ4v) is 4.84. The molecule has 1 aliphatic heterocycles. The number of nitrogens with zero attached hydrogens (tertiary/aromatic N) is 1. The van der Waals surface area contributed by atoms with Gasteiger partial charge in [0.25, 0.3) is 0 Å². The molecule has 1 atom stereocenters. The van der Waals surface area contributed by atoms with Crippen molar-refractivity contribution in [3.63, 3.8) is 0 Å². The second-order valence-corrected chi connectivity index (χ2v) is 10.8. The first-order chi connectivity index (χ1) is 15.5. The Balaban J connectivity index is 1.65. The van der Waals surface area contributed by atoms with Crippen molar-refractivity contribution in [1.29, 1.82) is 0 Å². The van der Waals surface area contributed by atoms with Gasteiger partial charge in [-0.3, -0.25) is 9.10 Å². The molecule has 0 fully saturated rings. The minimum absolute atomic E-state index is 0.0754. The molecule has 0 spiro atoms. The van der Waals surface area contributed by atoms with Crippen LogP contribution in [0.4, 0.5) is 5.69 Å². The maximum Gasteiger partial charge on any atom is 0.243 e. The topological polar surface area (TPSA) is 94.2 Å². The van der Waals surface area contributed by atoms with Crippen molar-refractivity contribution < 1.29 is 27.4 Å². The Labute approximate surface area is 195 Å². The molecule has 2 aromatic carbocycles. The van der Waals surface area contributed by atoms with Gasteiger partial charge in [0.1, 0.15) is 31.6 Å². The van der Waals surface area contributed by atoms with Crippen molar-refractivity contribution in [3.8, 4) is 17.2 Å². The number of carbonyl (C=O) groups is 1. The first kappa shape index (κ1) is 24.7. The van der Waals surface area contributed by atoms with Gasteiger partial charge in [0.05, 0.1) is 18.5 Å². The highest BCUT2D eigenvalue weighted by atomic mass is 32.2. The number of rotatable bonds is 8. The van der Waals surface area contributed by atoms with Crippen LogP contribution in [0.2, 0.25) is 0 Å². The number of benzene rings is 2. The van der Waals surface area contributed by atoms with Crippen LogP contribution < -0.4 is 23.8 Å². The molecule has 9 heteroatoms. The van der Waals surface area contributed by atoms with Crippen LogP contribution in [0, 0.1) is 0 Å². The normalized spacial score (nSPS) is 14.3. The summed E-state index contributed by atoms with van der Waals surface area (Å²) in [6, 6.07) is 11.6. The zero-order valence-corrected chi connectivity index (χ0v) is 20.6. The van der Waals surface area contributed by atoms with Crippen molar-refractivity contribution in [2.45, 2.75) is 39.2 Å². The molecule has 1 amide bonds. The quantitative estimate of drug-likeness (QED) is 0.589. The SMILES string of the molecule is C[C@H](C(=O)NCCOc1ccccc1C(C)(C)C)N(c1ccc2c(c1)OCCO2)S(C)(=O)=O. The van der Waals surface area contributed by atoms with Crippen LogP contribution in [0.1, 0.15) is 33.3 Å². The summed E-state index contributed by atoms with van der Waals surface area (Å²) in [6.07, 6.45) is 1.07. The van der Waals surface area contributed by atoms with E-state index in [9.17, 15) is 13.2 Å². The van der Waals surface area contributed by atoms with Gasteiger partial charge in [-0.25, -0.2) is 8.42 Å². The van der Waals surface area contributed by atoms with Crippen LogP contribution in [0.5, 0.6) is 17.2 Å². The number of nitrogens with one attached hydrogen (secondary N) is 1. The van der Waals surface area contributed by atoms with Crippen LogP contribution in [0.3, 0.4) is 0 Å². The lowest BCUT2D eigenvalue weighted by molar-refractivity contribution is -0.121. The van der Waals surface area contributed by atoms with E-state index in [1.165, 1.54) is 0 Å². The molecule has 0 saturated heterocycles. The van der Waals surface area contributed by atoms with Gasteiger partial charge < -0.3 is 19.5 Å². The summed E-state index contributed by atoms with van der Waals surface area (Å²) in [7, 11) is -3.74. The Kier molecular flexibility index (Phi) is 7.41. The van der Waals surface area contributed by atoms with Crippen molar-refractivity contribution in [2.75, 3.05) is 36.9 Å². The highest BCUT2D eigenvalue weighted by Gasteiger charge is 2.30. The third-order valence-corrected chi connectivity index (χ3v) is 6.46. The number of hydrogen-bond donors (Lipinski definition) is 1. The second kappa shape index (κ2) is 9.91. The number of carbonyl (C=O) groups excluding carboxylic acids is 1. The number of fused-ring (bicyclic) bond motifs is 1. The molecule has 2 aromatic rings. The maximum absolute atomic E-state index is 12.8. The average Bonchev–Trinajstić information content (AvgIpc) is 2.75. The van der Waals surface area contributed by atoms with Gasteiger partial charge in [-0.1, -0.05) is 39.0 Å². The molecular weight excluding hydrogens is 444 g/mol. The number of anilines is 1. The summed E-state index contributed by atoms with van der Waals surface area (Å²) >= 11 is 0. The number of hydrogen-bond acceptors (Lipinski definition) is 6. The van der Waals surface area contributed by atoms with Crippen LogP contribution in [-0.2, 0) is 20.2 Å². The van der Waals surface area contributed by atoms with E-state index in [2.05, 4.69) is 26.1 Å². The molecular formula is C24H32N2O6S. The van der Waals surface area contributed by atoms with E-state index in [0.29, 0.717) is 30.4 Å². The average molecular weight is 477 g/mol. The monoisotopic (exact) mass is 476 g/mol.